The van der Waals surface area contributed by atoms with E-state index < -0.39 is 0 Å². The fraction of sp³-hybridized carbons (Fsp3) is 0.0345. The van der Waals surface area contributed by atoms with Gasteiger partial charge in [-0.05, 0) is 56.3 Å². The largest absolute Gasteiger partial charge is 0.0719 e. The molecule has 0 saturated carbocycles. The van der Waals surface area contributed by atoms with Gasteiger partial charge in [-0.25, -0.2) is 0 Å². The van der Waals surface area contributed by atoms with Crippen molar-refractivity contribution in [2.75, 3.05) is 0 Å². The van der Waals surface area contributed by atoms with Crippen molar-refractivity contribution < 1.29 is 0 Å². The summed E-state index contributed by atoms with van der Waals surface area (Å²) in [5.41, 5.74) is 7.40. The van der Waals surface area contributed by atoms with E-state index in [0.717, 1.165) is 0 Å². The monoisotopic (exact) mass is 367 g/mol. The number of fused-ring (bicyclic) bond motifs is 5. The minimum Gasteiger partial charge on any atom is -0.0622 e. The maximum absolute atomic E-state index is 3.73. The predicted molar refractivity (Wildman–Crippen MR) is 120 cm³/mol. The Morgan fingerprint density at radius 1 is 0.552 bits per heavy atom. The van der Waals surface area contributed by atoms with E-state index in [9.17, 15) is 0 Å². The van der Waals surface area contributed by atoms with Crippen LogP contribution in [0.4, 0.5) is 0 Å². The number of rotatable bonds is 2. The van der Waals surface area contributed by atoms with Crippen LogP contribution in [-0.4, -0.2) is 0 Å². The van der Waals surface area contributed by atoms with E-state index in [1.807, 2.05) is 0 Å². The fourth-order valence-corrected chi connectivity index (χ4v) is 5.09. The number of hydrogen-bond acceptors (Lipinski definition) is 0. The fourth-order valence-electron chi connectivity index (χ4n) is 5.09. The van der Waals surface area contributed by atoms with Crippen molar-refractivity contribution in [1.82, 2.24) is 0 Å². The Hall–Kier alpha value is -3.64. The van der Waals surface area contributed by atoms with Gasteiger partial charge in [-0.1, -0.05) is 109 Å². The zero-order valence-corrected chi connectivity index (χ0v) is 16.0. The van der Waals surface area contributed by atoms with Crippen molar-refractivity contribution in [2.24, 2.45) is 0 Å². The van der Waals surface area contributed by atoms with Gasteiger partial charge >= 0.3 is 0 Å². The highest BCUT2D eigenvalue weighted by Gasteiger charge is 2.46. The predicted octanol–water partition coefficient (Wildman–Crippen LogP) is 7.00. The van der Waals surface area contributed by atoms with Crippen LogP contribution >= 0.6 is 0 Å². The lowest BCUT2D eigenvalue weighted by molar-refractivity contribution is 0.768. The molecule has 0 aromatic heterocycles. The van der Waals surface area contributed by atoms with E-state index in [1.165, 1.54) is 44.2 Å². The van der Waals surface area contributed by atoms with E-state index in [2.05, 4.69) is 121 Å². The zero-order valence-electron chi connectivity index (χ0n) is 16.0. The van der Waals surface area contributed by atoms with Gasteiger partial charge in [0, 0.05) is 0 Å². The van der Waals surface area contributed by atoms with E-state index in [1.54, 1.807) is 0 Å². The van der Waals surface area contributed by atoms with Gasteiger partial charge in [0.2, 0.25) is 0 Å². The summed E-state index contributed by atoms with van der Waals surface area (Å²) < 4.78 is 0. The molecule has 135 valence electrons. The first-order chi connectivity index (χ1) is 14.4. The standard InChI is InChI=1S/C29H19/c1-3-12-22(13-4-1)29(23-14-5-2-6-15-23)26-18-10-9-17-25(26)28-24-16-8-7-11-21(24)19-20-27(28)29/h1-19H. The number of hydrogen-bond donors (Lipinski definition) is 0. The average molecular weight is 367 g/mol. The second-order valence-electron chi connectivity index (χ2n) is 7.65. The lowest BCUT2D eigenvalue weighted by Crippen LogP contribution is -2.28. The highest BCUT2D eigenvalue weighted by atomic mass is 14.5. The third-order valence-electron chi connectivity index (χ3n) is 6.24. The molecule has 0 nitrogen and oxygen atoms in total. The quantitative estimate of drug-likeness (QED) is 0.309. The molecule has 29 heavy (non-hydrogen) atoms. The first kappa shape index (κ1) is 16.3. The molecule has 0 bridgehead atoms. The molecule has 0 spiro atoms. The van der Waals surface area contributed by atoms with Crippen LogP contribution in [0.3, 0.4) is 0 Å². The Bertz CT molecular complexity index is 1290. The summed E-state index contributed by atoms with van der Waals surface area (Å²) in [6, 6.07) is 45.2. The van der Waals surface area contributed by atoms with Crippen molar-refractivity contribution in [3.8, 4) is 11.1 Å². The van der Waals surface area contributed by atoms with Crippen molar-refractivity contribution in [1.29, 1.82) is 0 Å². The molecule has 0 atom stereocenters. The summed E-state index contributed by atoms with van der Waals surface area (Å²) in [6.07, 6.45) is 0. The molecular weight excluding hydrogens is 348 g/mol. The maximum Gasteiger partial charge on any atom is 0.0719 e. The van der Waals surface area contributed by atoms with Gasteiger partial charge in [-0.2, -0.15) is 0 Å². The highest BCUT2D eigenvalue weighted by molar-refractivity contribution is 6.03. The third-order valence-corrected chi connectivity index (χ3v) is 6.24. The molecule has 5 aromatic carbocycles. The smallest absolute Gasteiger partial charge is 0.0622 e. The van der Waals surface area contributed by atoms with Gasteiger partial charge < -0.3 is 0 Å². The van der Waals surface area contributed by atoms with Crippen molar-refractivity contribution >= 4 is 10.8 Å². The van der Waals surface area contributed by atoms with Gasteiger partial charge in [0.1, 0.15) is 0 Å². The molecule has 5 aromatic rings. The van der Waals surface area contributed by atoms with E-state index in [-0.39, 0.29) is 5.41 Å². The molecular formula is C29H19. The first-order valence-electron chi connectivity index (χ1n) is 10.1. The Morgan fingerprint density at radius 3 is 1.86 bits per heavy atom. The second-order valence-corrected chi connectivity index (χ2v) is 7.65. The van der Waals surface area contributed by atoms with Crippen LogP contribution < -0.4 is 0 Å². The third kappa shape index (κ3) is 2.14. The summed E-state index contributed by atoms with van der Waals surface area (Å²) in [6.45, 7) is 0. The first-order valence-corrected chi connectivity index (χ1v) is 10.1. The van der Waals surface area contributed by atoms with E-state index in [4.69, 9.17) is 0 Å². The SMILES string of the molecule is [c]1cc2ccccc2c2c1C(c1ccccc1)(c1ccccc1)c1ccccc1-2. The molecule has 0 amide bonds. The molecule has 0 aliphatic heterocycles. The molecule has 1 aliphatic carbocycles. The van der Waals surface area contributed by atoms with Crippen LogP contribution in [0.25, 0.3) is 21.9 Å². The van der Waals surface area contributed by atoms with Crippen LogP contribution in [-0.2, 0) is 5.41 Å². The molecule has 0 saturated heterocycles. The minimum absolute atomic E-state index is 0.363. The van der Waals surface area contributed by atoms with Crippen LogP contribution in [0.5, 0.6) is 0 Å². The Morgan fingerprint density at radius 2 is 1.14 bits per heavy atom. The maximum atomic E-state index is 3.73. The molecule has 1 radical (unpaired) electrons. The molecule has 0 heterocycles. The summed E-state index contributed by atoms with van der Waals surface area (Å²) in [7, 11) is 0. The van der Waals surface area contributed by atoms with Crippen molar-refractivity contribution in [3.05, 3.63) is 144 Å². The van der Waals surface area contributed by atoms with E-state index >= 15 is 0 Å². The van der Waals surface area contributed by atoms with Gasteiger partial charge in [0.15, 0.2) is 0 Å². The lowest BCUT2D eigenvalue weighted by atomic mass is 9.67. The molecule has 0 unspecified atom stereocenters. The Labute approximate surface area is 171 Å². The topological polar surface area (TPSA) is 0 Å². The molecule has 0 N–H and O–H groups in total. The van der Waals surface area contributed by atoms with Gasteiger partial charge in [0.25, 0.3) is 0 Å². The lowest BCUT2D eigenvalue weighted by Gasteiger charge is -2.33. The van der Waals surface area contributed by atoms with Gasteiger partial charge in [0.05, 0.1) is 5.41 Å². The molecule has 0 fully saturated rings. The minimum atomic E-state index is -0.363. The van der Waals surface area contributed by atoms with E-state index in [0.29, 0.717) is 0 Å². The van der Waals surface area contributed by atoms with Crippen LogP contribution in [0.15, 0.2) is 115 Å². The second kappa shape index (κ2) is 6.18. The van der Waals surface area contributed by atoms with Crippen molar-refractivity contribution in [3.63, 3.8) is 0 Å². The van der Waals surface area contributed by atoms with Crippen LogP contribution in [0.2, 0.25) is 0 Å². The Kier molecular flexibility index (Phi) is 3.48. The summed E-state index contributed by atoms with van der Waals surface area (Å²) in [4.78, 5) is 0. The molecule has 0 heteroatoms. The van der Waals surface area contributed by atoms with Gasteiger partial charge in [-0.3, -0.25) is 0 Å². The van der Waals surface area contributed by atoms with Crippen molar-refractivity contribution in [2.45, 2.75) is 5.41 Å². The zero-order chi connectivity index (χ0) is 19.3. The average Bonchev–Trinajstić information content (AvgIpc) is 3.12. The number of benzene rings is 5. The van der Waals surface area contributed by atoms with Gasteiger partial charge in [-0.15, -0.1) is 0 Å². The molecule has 1 aliphatic rings. The molecule has 6 rings (SSSR count). The summed E-state index contributed by atoms with van der Waals surface area (Å²) >= 11 is 0. The van der Waals surface area contributed by atoms with Crippen LogP contribution in [0.1, 0.15) is 22.3 Å². The normalized spacial score (nSPS) is 13.8. The summed E-state index contributed by atoms with van der Waals surface area (Å²) in [5, 5.41) is 2.53. The Balaban J connectivity index is 1.85. The van der Waals surface area contributed by atoms with Crippen LogP contribution in [0, 0.1) is 6.07 Å². The highest BCUT2D eigenvalue weighted by Crippen LogP contribution is 2.57. The summed E-state index contributed by atoms with van der Waals surface area (Å²) in [5.74, 6) is 0.